The van der Waals surface area contributed by atoms with Crippen LogP contribution in [-0.2, 0) is 6.54 Å². The molecule has 8 heteroatoms. The molecule has 0 spiro atoms. The summed E-state index contributed by atoms with van der Waals surface area (Å²) in [5.74, 6) is 0.744. The summed E-state index contributed by atoms with van der Waals surface area (Å²) >= 11 is 1.65. The van der Waals surface area contributed by atoms with E-state index in [-0.39, 0.29) is 18.0 Å². The number of benzene rings is 2. The summed E-state index contributed by atoms with van der Waals surface area (Å²) in [6, 6.07) is 19.5. The molecule has 2 aromatic carbocycles. The van der Waals surface area contributed by atoms with Gasteiger partial charge in [-0.2, -0.15) is 0 Å². The zero-order chi connectivity index (χ0) is 25.2. The monoisotopic (exact) mass is 502 g/mol. The molecule has 5 rings (SSSR count). The van der Waals surface area contributed by atoms with Crippen LogP contribution in [0.25, 0.3) is 10.2 Å². The van der Waals surface area contributed by atoms with Crippen molar-refractivity contribution in [2.75, 3.05) is 32.1 Å². The Hall–Kier alpha value is -3.78. The van der Waals surface area contributed by atoms with Crippen LogP contribution in [0, 0.1) is 6.92 Å². The number of fused-ring (bicyclic) bond motifs is 1. The highest BCUT2D eigenvalue weighted by Crippen LogP contribution is 2.28. The van der Waals surface area contributed by atoms with Gasteiger partial charge in [0.25, 0.3) is 5.91 Å². The van der Waals surface area contributed by atoms with Crippen LogP contribution in [0.3, 0.4) is 0 Å². The van der Waals surface area contributed by atoms with E-state index in [2.05, 4.69) is 52.5 Å². The first kappa shape index (κ1) is 23.9. The number of nitrogens with one attached hydrogen (secondary N) is 1. The Kier molecular flexibility index (Phi) is 6.69. The van der Waals surface area contributed by atoms with Gasteiger partial charge in [0.15, 0.2) is 0 Å². The van der Waals surface area contributed by atoms with Gasteiger partial charge in [-0.05, 0) is 61.2 Å². The van der Waals surface area contributed by atoms with Gasteiger partial charge in [0.2, 0.25) is 0 Å². The van der Waals surface area contributed by atoms with Gasteiger partial charge < -0.3 is 24.4 Å². The van der Waals surface area contributed by atoms with E-state index in [0.29, 0.717) is 37.6 Å². The van der Waals surface area contributed by atoms with Crippen molar-refractivity contribution in [1.82, 2.24) is 14.4 Å². The molecule has 186 valence electrons. The first-order chi connectivity index (χ1) is 17.4. The lowest BCUT2D eigenvalue weighted by molar-refractivity contribution is 0.0583. The number of carbonyl (C=O) groups excluding carboxylic acids is 2. The Morgan fingerprint density at radius 2 is 1.81 bits per heavy atom. The predicted octanol–water partition coefficient (Wildman–Crippen LogP) is 5.45. The van der Waals surface area contributed by atoms with Crippen molar-refractivity contribution >= 4 is 39.2 Å². The van der Waals surface area contributed by atoms with E-state index in [1.54, 1.807) is 23.3 Å². The Bertz CT molecular complexity index is 1370. The molecular formula is C28H30N4O3S. The molecule has 1 unspecified atom stereocenters. The number of anilines is 1. The average molecular weight is 503 g/mol. The molecule has 36 heavy (non-hydrogen) atoms. The number of thiophene rings is 1. The third-order valence-electron chi connectivity index (χ3n) is 6.70. The second-order valence-corrected chi connectivity index (χ2v) is 10.1. The Labute approximate surface area is 214 Å². The summed E-state index contributed by atoms with van der Waals surface area (Å²) in [6.07, 6.45) is 0. The lowest BCUT2D eigenvalue weighted by Gasteiger charge is -2.39. The SMILES string of the molecule is COc1ccc(NC(=O)N2CCN(C(=O)c3cc4ccsc4n3Cc3ccc(C)cc3)CC2C)cc1. The van der Waals surface area contributed by atoms with Gasteiger partial charge in [-0.1, -0.05) is 29.8 Å². The normalized spacial score (nSPS) is 15.8. The van der Waals surface area contributed by atoms with Crippen LogP contribution in [0.1, 0.15) is 28.5 Å². The summed E-state index contributed by atoms with van der Waals surface area (Å²) in [5.41, 5.74) is 3.78. The fourth-order valence-electron chi connectivity index (χ4n) is 4.66. The van der Waals surface area contributed by atoms with Gasteiger partial charge in [-0.15, -0.1) is 11.3 Å². The standard InChI is InChI=1S/C28H30N4O3S/c1-19-4-6-21(7-5-19)18-32-25(16-22-12-15-36-27(22)32)26(33)30-13-14-31(20(2)17-30)28(34)29-23-8-10-24(35-3)11-9-23/h4-12,15-16,20H,13-14,17-18H2,1-3H3,(H,29,34). The summed E-state index contributed by atoms with van der Waals surface area (Å²) < 4.78 is 7.30. The van der Waals surface area contributed by atoms with Crippen LogP contribution in [0.15, 0.2) is 66.0 Å². The van der Waals surface area contributed by atoms with Crippen LogP contribution < -0.4 is 10.1 Å². The van der Waals surface area contributed by atoms with Crippen molar-refractivity contribution in [1.29, 1.82) is 0 Å². The van der Waals surface area contributed by atoms with E-state index in [4.69, 9.17) is 4.74 Å². The van der Waals surface area contributed by atoms with Gasteiger partial charge in [-0.3, -0.25) is 4.79 Å². The van der Waals surface area contributed by atoms with E-state index < -0.39 is 0 Å². The molecular weight excluding hydrogens is 472 g/mol. The number of amides is 3. The predicted molar refractivity (Wildman–Crippen MR) is 144 cm³/mol. The Balaban J connectivity index is 1.29. The van der Waals surface area contributed by atoms with Crippen molar-refractivity contribution in [3.63, 3.8) is 0 Å². The Morgan fingerprint density at radius 1 is 1.06 bits per heavy atom. The maximum absolute atomic E-state index is 13.7. The molecule has 1 saturated heterocycles. The van der Waals surface area contributed by atoms with Gasteiger partial charge in [0.05, 0.1) is 7.11 Å². The molecule has 0 radical (unpaired) electrons. The molecule has 2 aromatic heterocycles. The van der Waals surface area contributed by atoms with E-state index >= 15 is 0 Å². The molecule has 3 amide bonds. The molecule has 4 aromatic rings. The number of aromatic nitrogens is 1. The van der Waals surface area contributed by atoms with Crippen LogP contribution in [0.2, 0.25) is 0 Å². The average Bonchev–Trinajstić information content (AvgIpc) is 3.48. The minimum absolute atomic E-state index is 0.00701. The zero-order valence-electron chi connectivity index (χ0n) is 20.7. The topological polar surface area (TPSA) is 66.8 Å². The molecule has 0 saturated carbocycles. The van der Waals surface area contributed by atoms with Gasteiger partial charge >= 0.3 is 6.03 Å². The van der Waals surface area contributed by atoms with Crippen LogP contribution in [0.5, 0.6) is 5.75 Å². The van der Waals surface area contributed by atoms with E-state index in [1.165, 1.54) is 5.56 Å². The first-order valence-corrected chi connectivity index (χ1v) is 12.9. The molecule has 1 N–H and O–H groups in total. The number of rotatable bonds is 5. The molecule has 0 aliphatic carbocycles. The third kappa shape index (κ3) is 4.81. The second kappa shape index (κ2) is 10.1. The van der Waals surface area contributed by atoms with Gasteiger partial charge in [0.1, 0.15) is 16.3 Å². The molecule has 7 nitrogen and oxygen atoms in total. The number of methoxy groups -OCH3 is 1. The smallest absolute Gasteiger partial charge is 0.322 e. The highest BCUT2D eigenvalue weighted by atomic mass is 32.1. The highest BCUT2D eigenvalue weighted by Gasteiger charge is 2.32. The van der Waals surface area contributed by atoms with Gasteiger partial charge in [-0.25, -0.2) is 4.79 Å². The largest absolute Gasteiger partial charge is 0.497 e. The fraction of sp³-hybridized carbons (Fsp3) is 0.286. The summed E-state index contributed by atoms with van der Waals surface area (Å²) in [7, 11) is 1.61. The third-order valence-corrected chi connectivity index (χ3v) is 7.65. The Morgan fingerprint density at radius 3 is 2.50 bits per heavy atom. The summed E-state index contributed by atoms with van der Waals surface area (Å²) in [5, 5.41) is 6.10. The van der Waals surface area contributed by atoms with E-state index in [1.807, 2.05) is 42.2 Å². The van der Waals surface area contributed by atoms with Crippen LogP contribution in [0.4, 0.5) is 10.5 Å². The van der Waals surface area contributed by atoms with Crippen molar-refractivity contribution in [3.8, 4) is 5.75 Å². The second-order valence-electron chi connectivity index (χ2n) is 9.23. The fourth-order valence-corrected chi connectivity index (χ4v) is 5.56. The number of nitrogens with zero attached hydrogens (tertiary/aromatic N) is 3. The number of aryl methyl sites for hydroxylation is 1. The first-order valence-electron chi connectivity index (χ1n) is 12.1. The lowest BCUT2D eigenvalue weighted by Crippen LogP contribution is -2.56. The summed E-state index contributed by atoms with van der Waals surface area (Å²) in [6.45, 7) is 6.15. The maximum atomic E-state index is 13.7. The van der Waals surface area contributed by atoms with Crippen molar-refractivity contribution in [2.45, 2.75) is 26.4 Å². The molecule has 1 fully saturated rings. The number of carbonyl (C=O) groups is 2. The number of ether oxygens (including phenoxy) is 1. The number of hydrogen-bond donors (Lipinski definition) is 1. The number of urea groups is 1. The van der Waals surface area contributed by atoms with Crippen molar-refractivity contribution in [2.24, 2.45) is 0 Å². The number of hydrogen-bond acceptors (Lipinski definition) is 4. The molecule has 0 bridgehead atoms. The minimum atomic E-state index is -0.164. The quantitative estimate of drug-likeness (QED) is 0.395. The van der Waals surface area contributed by atoms with Crippen molar-refractivity contribution < 1.29 is 14.3 Å². The van der Waals surface area contributed by atoms with Gasteiger partial charge in [0, 0.05) is 43.3 Å². The van der Waals surface area contributed by atoms with Crippen LogP contribution >= 0.6 is 11.3 Å². The summed E-state index contributed by atoms with van der Waals surface area (Å²) in [4.78, 5) is 31.4. The molecule has 1 aliphatic rings. The zero-order valence-corrected chi connectivity index (χ0v) is 21.5. The van der Waals surface area contributed by atoms with E-state index in [9.17, 15) is 9.59 Å². The van der Waals surface area contributed by atoms with Crippen molar-refractivity contribution in [3.05, 3.63) is 82.9 Å². The van der Waals surface area contributed by atoms with Crippen LogP contribution in [-0.4, -0.2) is 59.1 Å². The minimum Gasteiger partial charge on any atom is -0.497 e. The molecule has 1 aliphatic heterocycles. The van der Waals surface area contributed by atoms with E-state index in [0.717, 1.165) is 21.5 Å². The lowest BCUT2D eigenvalue weighted by atomic mass is 10.1. The molecule has 1 atom stereocenters. The highest BCUT2D eigenvalue weighted by molar-refractivity contribution is 7.16. The molecule has 3 heterocycles. The number of piperazine rings is 1. The maximum Gasteiger partial charge on any atom is 0.322 e.